The van der Waals surface area contributed by atoms with Crippen LogP contribution in [-0.4, -0.2) is 0 Å². The Balaban J connectivity index is 1.18. The van der Waals surface area contributed by atoms with Crippen molar-refractivity contribution in [3.8, 4) is 44.5 Å². The molecule has 2 nitrogen and oxygen atoms in total. The van der Waals surface area contributed by atoms with Crippen molar-refractivity contribution in [2.24, 2.45) is 0 Å². The molecule has 0 radical (unpaired) electrons. The van der Waals surface area contributed by atoms with E-state index in [4.69, 9.17) is 4.42 Å². The minimum absolute atomic E-state index is 0.881. The molecule has 0 bridgehead atoms. The fourth-order valence-electron chi connectivity index (χ4n) is 7.90. The summed E-state index contributed by atoms with van der Waals surface area (Å²) in [5, 5.41) is 4.53. The number of benzene rings is 9. The van der Waals surface area contributed by atoms with Crippen LogP contribution >= 0.6 is 0 Å². The summed E-state index contributed by atoms with van der Waals surface area (Å²) in [6.45, 7) is 0. The molecule has 0 spiro atoms. The number of fused-ring (bicyclic) bond motifs is 5. The van der Waals surface area contributed by atoms with Crippen LogP contribution in [0.15, 0.2) is 217 Å². The average Bonchev–Trinajstić information content (AvgIpc) is 3.65. The highest BCUT2D eigenvalue weighted by Gasteiger charge is 2.23. The maximum Gasteiger partial charge on any atom is 0.143 e. The number of anilines is 3. The molecule has 0 aliphatic heterocycles. The van der Waals surface area contributed by atoms with Gasteiger partial charge in [0.1, 0.15) is 11.2 Å². The third-order valence-electron chi connectivity index (χ3n) is 10.5. The fourth-order valence-corrected chi connectivity index (χ4v) is 7.90. The van der Waals surface area contributed by atoms with Crippen molar-refractivity contribution < 1.29 is 4.42 Å². The molecule has 0 aliphatic carbocycles. The van der Waals surface area contributed by atoms with Gasteiger partial charge in [0, 0.05) is 33.0 Å². The lowest BCUT2D eigenvalue weighted by molar-refractivity contribution is 0.673. The summed E-state index contributed by atoms with van der Waals surface area (Å²) in [4.78, 5) is 2.42. The molecule has 2 heteroatoms. The first-order chi connectivity index (χ1) is 26.8. The standard InChI is InChI=1S/C52H35NO/c1-3-14-36(15-4-1)38-26-28-41(29-27-38)43-19-9-11-23-48(43)53(42-33-30-39(31-34-42)37-16-5-2-6-17-37)49-24-12-10-21-45(49)46-22-13-25-50-51(46)47-35-32-40-18-7-8-20-44(40)52(47)54-50/h1-35H. The lowest BCUT2D eigenvalue weighted by Crippen LogP contribution is -2.12. The minimum atomic E-state index is 0.881. The molecule has 0 saturated heterocycles. The van der Waals surface area contributed by atoms with Crippen molar-refractivity contribution in [2.45, 2.75) is 0 Å². The van der Waals surface area contributed by atoms with Gasteiger partial charge in [-0.05, 0) is 75.2 Å². The fraction of sp³-hybridized carbons (Fsp3) is 0. The summed E-state index contributed by atoms with van der Waals surface area (Å²) in [6, 6.07) is 75.8. The highest BCUT2D eigenvalue weighted by molar-refractivity contribution is 6.19. The van der Waals surface area contributed by atoms with Crippen LogP contribution in [0.1, 0.15) is 0 Å². The third-order valence-corrected chi connectivity index (χ3v) is 10.5. The lowest BCUT2D eigenvalue weighted by Gasteiger charge is -2.30. The Morgan fingerprint density at radius 2 is 0.833 bits per heavy atom. The molecule has 10 aromatic rings. The van der Waals surface area contributed by atoms with Crippen LogP contribution in [0, 0.1) is 0 Å². The topological polar surface area (TPSA) is 16.4 Å². The van der Waals surface area contributed by atoms with E-state index in [1.54, 1.807) is 0 Å². The Kier molecular flexibility index (Phi) is 7.85. The number of hydrogen-bond acceptors (Lipinski definition) is 2. The van der Waals surface area contributed by atoms with E-state index < -0.39 is 0 Å². The first kappa shape index (κ1) is 31.6. The summed E-state index contributed by atoms with van der Waals surface area (Å²) in [5.74, 6) is 0. The average molecular weight is 690 g/mol. The minimum Gasteiger partial charge on any atom is -0.455 e. The Morgan fingerprint density at radius 1 is 0.315 bits per heavy atom. The van der Waals surface area contributed by atoms with Crippen LogP contribution in [0.2, 0.25) is 0 Å². The molecule has 10 rings (SSSR count). The summed E-state index contributed by atoms with van der Waals surface area (Å²) >= 11 is 0. The van der Waals surface area contributed by atoms with Crippen LogP contribution < -0.4 is 4.90 Å². The summed E-state index contributed by atoms with van der Waals surface area (Å²) < 4.78 is 6.66. The lowest BCUT2D eigenvalue weighted by atomic mass is 9.95. The Labute approximate surface area is 314 Å². The van der Waals surface area contributed by atoms with E-state index in [1.165, 1.54) is 27.6 Å². The highest BCUT2D eigenvalue weighted by Crippen LogP contribution is 2.47. The third kappa shape index (κ3) is 5.53. The van der Waals surface area contributed by atoms with Gasteiger partial charge in [0.2, 0.25) is 0 Å². The molecule has 9 aromatic carbocycles. The number of hydrogen-bond donors (Lipinski definition) is 0. The first-order valence-electron chi connectivity index (χ1n) is 18.4. The van der Waals surface area contributed by atoms with E-state index in [9.17, 15) is 0 Å². The van der Waals surface area contributed by atoms with E-state index >= 15 is 0 Å². The zero-order valence-electron chi connectivity index (χ0n) is 29.6. The number of para-hydroxylation sites is 2. The van der Waals surface area contributed by atoms with E-state index in [2.05, 4.69) is 217 Å². The molecule has 1 heterocycles. The van der Waals surface area contributed by atoms with Crippen molar-refractivity contribution in [3.05, 3.63) is 212 Å². The van der Waals surface area contributed by atoms with Gasteiger partial charge in [-0.3, -0.25) is 0 Å². The van der Waals surface area contributed by atoms with Gasteiger partial charge in [-0.2, -0.15) is 0 Å². The van der Waals surface area contributed by atoms with Crippen LogP contribution in [0.25, 0.3) is 77.2 Å². The van der Waals surface area contributed by atoms with Crippen LogP contribution in [-0.2, 0) is 0 Å². The van der Waals surface area contributed by atoms with E-state index in [0.29, 0.717) is 0 Å². The van der Waals surface area contributed by atoms with Gasteiger partial charge >= 0.3 is 0 Å². The van der Waals surface area contributed by atoms with Crippen molar-refractivity contribution in [1.29, 1.82) is 0 Å². The molecule has 0 fully saturated rings. The maximum atomic E-state index is 6.66. The van der Waals surface area contributed by atoms with Gasteiger partial charge in [0.15, 0.2) is 0 Å². The quantitative estimate of drug-likeness (QED) is 0.166. The number of furan rings is 1. The smallest absolute Gasteiger partial charge is 0.143 e. The monoisotopic (exact) mass is 689 g/mol. The molecule has 0 saturated carbocycles. The van der Waals surface area contributed by atoms with Gasteiger partial charge in [-0.15, -0.1) is 0 Å². The van der Waals surface area contributed by atoms with Crippen molar-refractivity contribution >= 4 is 49.8 Å². The summed E-state index contributed by atoms with van der Waals surface area (Å²) in [5.41, 5.74) is 14.4. The molecule has 0 amide bonds. The zero-order valence-corrected chi connectivity index (χ0v) is 29.6. The van der Waals surface area contributed by atoms with Crippen molar-refractivity contribution in [1.82, 2.24) is 0 Å². The highest BCUT2D eigenvalue weighted by atomic mass is 16.3. The van der Waals surface area contributed by atoms with Crippen LogP contribution in [0.4, 0.5) is 17.1 Å². The van der Waals surface area contributed by atoms with Crippen molar-refractivity contribution in [3.63, 3.8) is 0 Å². The normalized spacial score (nSPS) is 11.3. The number of rotatable bonds is 7. The molecule has 1 aromatic heterocycles. The molecule has 0 N–H and O–H groups in total. The molecule has 0 unspecified atom stereocenters. The molecule has 54 heavy (non-hydrogen) atoms. The van der Waals surface area contributed by atoms with Crippen LogP contribution in [0.5, 0.6) is 0 Å². The molecular weight excluding hydrogens is 655 g/mol. The second-order valence-electron chi connectivity index (χ2n) is 13.7. The largest absolute Gasteiger partial charge is 0.455 e. The predicted molar refractivity (Wildman–Crippen MR) is 228 cm³/mol. The van der Waals surface area contributed by atoms with Gasteiger partial charge < -0.3 is 9.32 Å². The van der Waals surface area contributed by atoms with E-state index in [1.807, 2.05) is 0 Å². The Morgan fingerprint density at radius 3 is 1.54 bits per heavy atom. The van der Waals surface area contributed by atoms with Crippen molar-refractivity contribution in [2.75, 3.05) is 4.90 Å². The van der Waals surface area contributed by atoms with Gasteiger partial charge in [0.25, 0.3) is 0 Å². The molecule has 0 atom stereocenters. The summed E-state index contributed by atoms with van der Waals surface area (Å²) in [6.07, 6.45) is 0. The second kappa shape index (κ2) is 13.4. The van der Waals surface area contributed by atoms with Crippen LogP contribution in [0.3, 0.4) is 0 Å². The Hall–Kier alpha value is -7.16. The van der Waals surface area contributed by atoms with E-state index in [0.717, 1.165) is 66.6 Å². The maximum absolute atomic E-state index is 6.66. The van der Waals surface area contributed by atoms with Gasteiger partial charge in [0.05, 0.1) is 11.4 Å². The number of nitrogens with zero attached hydrogens (tertiary/aromatic N) is 1. The Bertz CT molecular complexity index is 2910. The zero-order chi connectivity index (χ0) is 35.8. The van der Waals surface area contributed by atoms with Gasteiger partial charge in [-0.25, -0.2) is 0 Å². The van der Waals surface area contributed by atoms with Gasteiger partial charge in [-0.1, -0.05) is 176 Å². The SMILES string of the molecule is c1ccc(-c2ccc(-c3ccccc3N(c3ccc(-c4ccccc4)cc3)c3ccccc3-c3cccc4oc5c6ccccc6ccc5c34)cc2)cc1. The molecule has 254 valence electrons. The summed E-state index contributed by atoms with van der Waals surface area (Å²) in [7, 11) is 0. The molecular formula is C52H35NO. The predicted octanol–water partition coefficient (Wildman–Crippen LogP) is 14.9. The molecule has 0 aliphatic rings. The first-order valence-corrected chi connectivity index (χ1v) is 18.4. The second-order valence-corrected chi connectivity index (χ2v) is 13.7. The van der Waals surface area contributed by atoms with E-state index in [-0.39, 0.29) is 0 Å².